The van der Waals surface area contributed by atoms with Gasteiger partial charge in [0.25, 0.3) is 0 Å². The number of oxime groups is 1. The Hall–Kier alpha value is -1.68. The zero-order chi connectivity index (χ0) is 18.1. The Kier molecular flexibility index (Phi) is 7.63. The van der Waals surface area contributed by atoms with Crippen molar-refractivity contribution in [3.63, 3.8) is 0 Å². The Morgan fingerprint density at radius 3 is 2.52 bits per heavy atom. The predicted molar refractivity (Wildman–Crippen MR) is 95.9 cm³/mol. The summed E-state index contributed by atoms with van der Waals surface area (Å²) in [7, 11) is -3.27. The van der Waals surface area contributed by atoms with Crippen molar-refractivity contribution in [3.8, 4) is 0 Å². The summed E-state index contributed by atoms with van der Waals surface area (Å²) in [5.41, 5.74) is 6.55. The van der Waals surface area contributed by atoms with Crippen LogP contribution in [0.2, 0.25) is 0 Å². The molecule has 0 atom stereocenters. The van der Waals surface area contributed by atoms with Crippen molar-refractivity contribution in [3.05, 3.63) is 35.9 Å². The van der Waals surface area contributed by atoms with E-state index in [1.165, 1.54) is 4.31 Å². The Morgan fingerprint density at radius 2 is 1.88 bits per heavy atom. The molecule has 140 valence electrons. The topological polar surface area (TPSA) is 108 Å². The molecule has 9 heteroatoms. The molecule has 1 aliphatic heterocycles. The van der Waals surface area contributed by atoms with Crippen LogP contribution in [0.15, 0.2) is 35.5 Å². The highest BCUT2D eigenvalue weighted by molar-refractivity contribution is 7.89. The van der Waals surface area contributed by atoms with Gasteiger partial charge in [-0.3, -0.25) is 4.90 Å². The number of benzene rings is 1. The summed E-state index contributed by atoms with van der Waals surface area (Å²) in [6.07, 6.45) is 0.472. The summed E-state index contributed by atoms with van der Waals surface area (Å²) in [6.45, 7) is 3.24. The van der Waals surface area contributed by atoms with Gasteiger partial charge in [0.15, 0.2) is 5.84 Å². The fraction of sp³-hybridized carbons (Fsp3) is 0.562. The summed E-state index contributed by atoms with van der Waals surface area (Å²) in [6, 6.07) is 9.79. The van der Waals surface area contributed by atoms with Gasteiger partial charge >= 0.3 is 0 Å². The number of sulfonamides is 1. The van der Waals surface area contributed by atoms with E-state index in [4.69, 9.17) is 15.7 Å². The molecule has 25 heavy (non-hydrogen) atoms. The van der Waals surface area contributed by atoms with E-state index < -0.39 is 10.0 Å². The van der Waals surface area contributed by atoms with E-state index in [-0.39, 0.29) is 11.6 Å². The standard InChI is InChI=1S/C16H26N4O4S/c17-16(18-21)13-19-7-9-20(10-8-19)25(22,23)12-4-11-24-14-15-5-2-1-3-6-15/h1-3,5-6,21H,4,7-14H2,(H2,17,18). The van der Waals surface area contributed by atoms with Crippen molar-refractivity contribution in [2.24, 2.45) is 10.9 Å². The Morgan fingerprint density at radius 1 is 1.20 bits per heavy atom. The summed E-state index contributed by atoms with van der Waals surface area (Å²) in [5.74, 6) is 0.217. The zero-order valence-electron chi connectivity index (χ0n) is 14.2. The summed E-state index contributed by atoms with van der Waals surface area (Å²) >= 11 is 0. The number of hydrogen-bond donors (Lipinski definition) is 2. The van der Waals surface area contributed by atoms with Gasteiger partial charge in [-0.15, -0.1) is 0 Å². The molecule has 1 aliphatic rings. The first kappa shape index (κ1) is 19.6. The van der Waals surface area contributed by atoms with E-state index >= 15 is 0 Å². The van der Waals surface area contributed by atoms with Crippen molar-refractivity contribution < 1.29 is 18.4 Å². The molecule has 0 unspecified atom stereocenters. The summed E-state index contributed by atoms with van der Waals surface area (Å²) in [5, 5.41) is 11.5. The molecule has 0 aliphatic carbocycles. The largest absolute Gasteiger partial charge is 0.409 e. The van der Waals surface area contributed by atoms with Crippen LogP contribution in [-0.2, 0) is 21.4 Å². The van der Waals surface area contributed by atoms with Crippen LogP contribution in [0.25, 0.3) is 0 Å². The monoisotopic (exact) mass is 370 g/mol. The van der Waals surface area contributed by atoms with E-state index in [2.05, 4.69) is 5.16 Å². The van der Waals surface area contributed by atoms with Crippen LogP contribution >= 0.6 is 0 Å². The minimum absolute atomic E-state index is 0.0853. The van der Waals surface area contributed by atoms with Crippen LogP contribution in [0.5, 0.6) is 0 Å². The molecule has 0 radical (unpaired) electrons. The van der Waals surface area contributed by atoms with Gasteiger partial charge in [0.05, 0.1) is 18.9 Å². The summed E-state index contributed by atoms with van der Waals surface area (Å²) in [4.78, 5) is 1.96. The van der Waals surface area contributed by atoms with E-state index in [1.54, 1.807) is 0 Å². The fourth-order valence-corrected chi connectivity index (χ4v) is 4.12. The van der Waals surface area contributed by atoms with E-state index in [0.717, 1.165) is 5.56 Å². The molecule has 1 saturated heterocycles. The van der Waals surface area contributed by atoms with Crippen LogP contribution in [0.3, 0.4) is 0 Å². The lowest BCUT2D eigenvalue weighted by molar-refractivity contribution is 0.121. The van der Waals surface area contributed by atoms with Crippen molar-refractivity contribution >= 4 is 15.9 Å². The van der Waals surface area contributed by atoms with E-state index in [1.807, 2.05) is 35.2 Å². The Balaban J connectivity index is 1.66. The second-order valence-corrected chi connectivity index (χ2v) is 8.06. The highest BCUT2D eigenvalue weighted by Crippen LogP contribution is 2.09. The van der Waals surface area contributed by atoms with Crippen LogP contribution in [-0.4, -0.2) is 73.7 Å². The lowest BCUT2D eigenvalue weighted by Gasteiger charge is -2.33. The molecule has 1 fully saturated rings. The molecule has 0 spiro atoms. The van der Waals surface area contributed by atoms with Crippen molar-refractivity contribution in [1.29, 1.82) is 0 Å². The van der Waals surface area contributed by atoms with Gasteiger partial charge in [-0.25, -0.2) is 8.42 Å². The van der Waals surface area contributed by atoms with Gasteiger partial charge in [0.2, 0.25) is 10.0 Å². The first-order valence-corrected chi connectivity index (χ1v) is 9.90. The van der Waals surface area contributed by atoms with Gasteiger partial charge in [-0.05, 0) is 12.0 Å². The third-order valence-electron chi connectivity index (χ3n) is 4.04. The molecule has 0 saturated carbocycles. The maximum Gasteiger partial charge on any atom is 0.214 e. The smallest absolute Gasteiger partial charge is 0.214 e. The lowest BCUT2D eigenvalue weighted by atomic mass is 10.2. The highest BCUT2D eigenvalue weighted by atomic mass is 32.2. The number of rotatable bonds is 9. The van der Waals surface area contributed by atoms with Crippen molar-refractivity contribution in [2.75, 3.05) is 45.1 Å². The fourth-order valence-electron chi connectivity index (χ4n) is 2.66. The van der Waals surface area contributed by atoms with Crippen molar-refractivity contribution in [1.82, 2.24) is 9.21 Å². The van der Waals surface area contributed by atoms with Gasteiger partial charge in [0.1, 0.15) is 0 Å². The van der Waals surface area contributed by atoms with Crippen molar-refractivity contribution in [2.45, 2.75) is 13.0 Å². The highest BCUT2D eigenvalue weighted by Gasteiger charge is 2.26. The third kappa shape index (κ3) is 6.62. The number of hydrogen-bond acceptors (Lipinski definition) is 6. The average Bonchev–Trinajstić information content (AvgIpc) is 2.62. The minimum atomic E-state index is -3.27. The number of piperazine rings is 1. The molecule has 1 heterocycles. The van der Waals surface area contributed by atoms with Crippen LogP contribution in [0.1, 0.15) is 12.0 Å². The molecular formula is C16H26N4O4S. The minimum Gasteiger partial charge on any atom is -0.409 e. The van der Waals surface area contributed by atoms with Gasteiger partial charge in [0, 0.05) is 32.8 Å². The van der Waals surface area contributed by atoms with E-state index in [9.17, 15) is 8.42 Å². The first-order chi connectivity index (χ1) is 12.0. The van der Waals surface area contributed by atoms with Gasteiger partial charge < -0.3 is 15.7 Å². The lowest BCUT2D eigenvalue weighted by Crippen LogP contribution is -2.51. The first-order valence-electron chi connectivity index (χ1n) is 8.29. The van der Waals surface area contributed by atoms with E-state index in [0.29, 0.717) is 52.4 Å². The zero-order valence-corrected chi connectivity index (χ0v) is 15.1. The molecule has 1 aromatic rings. The normalized spacial score (nSPS) is 17.7. The molecule has 3 N–H and O–H groups in total. The molecule has 0 bridgehead atoms. The maximum absolute atomic E-state index is 12.4. The summed E-state index contributed by atoms with van der Waals surface area (Å²) < 4.78 is 31.8. The molecule has 8 nitrogen and oxygen atoms in total. The Bertz CT molecular complexity index is 643. The molecular weight excluding hydrogens is 344 g/mol. The number of ether oxygens (including phenoxy) is 1. The van der Waals surface area contributed by atoms with Crippen LogP contribution in [0, 0.1) is 0 Å². The van der Waals surface area contributed by atoms with Crippen LogP contribution < -0.4 is 5.73 Å². The maximum atomic E-state index is 12.4. The van der Waals surface area contributed by atoms with Gasteiger partial charge in [-0.1, -0.05) is 35.5 Å². The molecule has 2 rings (SSSR count). The number of nitrogens with two attached hydrogens (primary N) is 1. The molecule has 1 aromatic carbocycles. The third-order valence-corrected chi connectivity index (χ3v) is 6.00. The predicted octanol–water partition coefficient (Wildman–Crippen LogP) is 0.287. The SMILES string of the molecule is N/C(CN1CCN(S(=O)(=O)CCCOCc2ccccc2)CC1)=N/O. The Labute approximate surface area is 148 Å². The van der Waals surface area contributed by atoms with Crippen LogP contribution in [0.4, 0.5) is 0 Å². The van der Waals surface area contributed by atoms with Gasteiger partial charge in [-0.2, -0.15) is 4.31 Å². The molecule has 0 aromatic heterocycles. The quantitative estimate of drug-likeness (QED) is 0.213. The number of nitrogens with zero attached hydrogens (tertiary/aromatic N) is 3. The second-order valence-electron chi connectivity index (χ2n) is 5.97. The second kappa shape index (κ2) is 9.71. The number of amidine groups is 1. The average molecular weight is 370 g/mol. The molecule has 0 amide bonds.